The van der Waals surface area contributed by atoms with Crippen molar-refractivity contribution in [2.75, 3.05) is 13.2 Å². The largest absolute Gasteiger partial charge is 0.494 e. The first-order valence-corrected chi connectivity index (χ1v) is 8.42. The van der Waals surface area contributed by atoms with E-state index in [0.29, 0.717) is 17.5 Å². The number of benzene rings is 1. The fraction of sp³-hybridized carbons (Fsp3) is 0.412. The third-order valence-corrected chi connectivity index (χ3v) is 3.83. The second kappa shape index (κ2) is 8.63. The van der Waals surface area contributed by atoms with E-state index in [9.17, 15) is 4.79 Å². The third kappa shape index (κ3) is 4.91. The fourth-order valence-electron chi connectivity index (χ4n) is 1.97. The highest BCUT2D eigenvalue weighted by molar-refractivity contribution is 8.26. The summed E-state index contributed by atoms with van der Waals surface area (Å²) in [4.78, 5) is 16.1. The number of carbonyl (C=O) groups excluding carboxylic acids is 1. The molecule has 1 aliphatic rings. The molecule has 0 atom stereocenters. The third-order valence-electron chi connectivity index (χ3n) is 3.05. The lowest BCUT2D eigenvalue weighted by atomic mass is 10.2. The van der Waals surface area contributed by atoms with Crippen molar-refractivity contribution in [3.8, 4) is 5.75 Å². The molecule has 1 aromatic rings. The molecule has 0 spiro atoms. The molecule has 0 amide bonds. The zero-order valence-corrected chi connectivity index (χ0v) is 13.8. The quantitative estimate of drug-likeness (QED) is 0.556. The Morgan fingerprint density at radius 2 is 2.09 bits per heavy atom. The van der Waals surface area contributed by atoms with Crippen molar-refractivity contribution in [3.05, 3.63) is 35.5 Å². The summed E-state index contributed by atoms with van der Waals surface area (Å²) in [7, 11) is 0. The highest BCUT2D eigenvalue weighted by atomic mass is 32.2. The summed E-state index contributed by atoms with van der Waals surface area (Å²) < 4.78 is 11.0. The maximum absolute atomic E-state index is 11.9. The smallest absolute Gasteiger partial charge is 0.259 e. The van der Waals surface area contributed by atoms with Crippen LogP contribution in [-0.2, 0) is 9.53 Å². The number of rotatable bonds is 7. The number of thioether (sulfide) groups is 1. The van der Waals surface area contributed by atoms with E-state index in [1.807, 2.05) is 31.2 Å². The van der Waals surface area contributed by atoms with Gasteiger partial charge in [0.15, 0.2) is 0 Å². The summed E-state index contributed by atoms with van der Waals surface area (Å²) in [6, 6.07) is 7.69. The van der Waals surface area contributed by atoms with E-state index in [-0.39, 0.29) is 5.12 Å². The fourth-order valence-corrected chi connectivity index (χ4v) is 2.66. The van der Waals surface area contributed by atoms with Crippen molar-refractivity contribution < 1.29 is 14.3 Å². The second-order valence-corrected chi connectivity index (χ2v) is 5.78. The first kappa shape index (κ1) is 16.6. The van der Waals surface area contributed by atoms with Crippen molar-refractivity contribution in [1.29, 1.82) is 0 Å². The molecule has 0 unspecified atom stereocenters. The van der Waals surface area contributed by atoms with E-state index in [1.165, 1.54) is 12.8 Å². The van der Waals surface area contributed by atoms with E-state index in [1.54, 1.807) is 6.08 Å². The minimum absolute atomic E-state index is 0.0854. The minimum atomic E-state index is -0.0854. The lowest BCUT2D eigenvalue weighted by molar-refractivity contribution is -0.107. The van der Waals surface area contributed by atoms with Gasteiger partial charge in [-0.3, -0.25) is 4.79 Å². The van der Waals surface area contributed by atoms with Crippen molar-refractivity contribution >= 4 is 28.2 Å². The monoisotopic (exact) mass is 319 g/mol. The summed E-state index contributed by atoms with van der Waals surface area (Å²) in [5.74, 6) is 0.817. The van der Waals surface area contributed by atoms with Crippen LogP contribution in [0.5, 0.6) is 5.75 Å². The molecule has 2 rings (SSSR count). The number of hydrogen-bond donors (Lipinski definition) is 0. The summed E-state index contributed by atoms with van der Waals surface area (Å²) >= 11 is 1.03. The summed E-state index contributed by atoms with van der Waals surface area (Å²) in [6.07, 6.45) is 5.17. The lowest BCUT2D eigenvalue weighted by Gasteiger charge is -2.06. The topological polar surface area (TPSA) is 47.9 Å². The van der Waals surface area contributed by atoms with Crippen LogP contribution >= 0.6 is 11.8 Å². The standard InChI is InChI=1S/C17H21NO3S/c1-3-5-6-10-21-14-9-7-8-13(11-14)12-15-16(19)22-17(18-15)20-4-2/h7-9,11-12H,3-6,10H2,1-2H3/b15-12-. The second-order valence-electron chi connectivity index (χ2n) is 4.86. The maximum atomic E-state index is 11.9. The summed E-state index contributed by atoms with van der Waals surface area (Å²) in [5.41, 5.74) is 1.31. The molecule has 0 fully saturated rings. The van der Waals surface area contributed by atoms with Crippen LogP contribution in [0.4, 0.5) is 0 Å². The molecule has 0 N–H and O–H groups in total. The number of hydrogen-bond acceptors (Lipinski definition) is 5. The molecular weight excluding hydrogens is 298 g/mol. The Hall–Kier alpha value is -1.75. The molecule has 118 valence electrons. The van der Waals surface area contributed by atoms with Crippen LogP contribution in [0.3, 0.4) is 0 Å². The molecule has 0 aliphatic carbocycles. The number of unbranched alkanes of at least 4 members (excludes halogenated alkanes) is 2. The summed E-state index contributed by atoms with van der Waals surface area (Å²) in [6.45, 7) is 5.26. The molecule has 5 heteroatoms. The van der Waals surface area contributed by atoms with E-state index in [0.717, 1.165) is 36.1 Å². The number of aliphatic imine (C=N–C) groups is 1. The lowest BCUT2D eigenvalue weighted by Crippen LogP contribution is -1.97. The molecule has 0 saturated heterocycles. The Morgan fingerprint density at radius 1 is 1.23 bits per heavy atom. The molecule has 1 aliphatic heterocycles. The first-order chi connectivity index (χ1) is 10.7. The van der Waals surface area contributed by atoms with Crippen LogP contribution in [0.2, 0.25) is 0 Å². The van der Waals surface area contributed by atoms with Crippen LogP contribution < -0.4 is 4.74 Å². The van der Waals surface area contributed by atoms with Gasteiger partial charge in [-0.1, -0.05) is 31.9 Å². The molecule has 0 saturated carbocycles. The minimum Gasteiger partial charge on any atom is -0.494 e. The van der Waals surface area contributed by atoms with Crippen LogP contribution in [0.15, 0.2) is 35.0 Å². The van der Waals surface area contributed by atoms with Crippen molar-refractivity contribution in [1.82, 2.24) is 0 Å². The average molecular weight is 319 g/mol. The van der Waals surface area contributed by atoms with Gasteiger partial charge in [0.2, 0.25) is 5.12 Å². The van der Waals surface area contributed by atoms with E-state index in [2.05, 4.69) is 11.9 Å². The molecule has 22 heavy (non-hydrogen) atoms. The highest BCUT2D eigenvalue weighted by Gasteiger charge is 2.23. The Bertz CT molecular complexity index is 581. The zero-order chi connectivity index (χ0) is 15.8. The Kier molecular flexibility index (Phi) is 6.52. The van der Waals surface area contributed by atoms with Gasteiger partial charge in [-0.05, 0) is 37.1 Å². The normalized spacial score (nSPS) is 16.0. The summed E-state index contributed by atoms with van der Waals surface area (Å²) in [5, 5.41) is 0.337. The van der Waals surface area contributed by atoms with Gasteiger partial charge in [-0.2, -0.15) is 0 Å². The van der Waals surface area contributed by atoms with E-state index < -0.39 is 0 Å². The first-order valence-electron chi connectivity index (χ1n) is 7.61. The van der Waals surface area contributed by atoms with Gasteiger partial charge in [-0.15, -0.1) is 0 Å². The van der Waals surface area contributed by atoms with Gasteiger partial charge < -0.3 is 9.47 Å². The molecule has 1 heterocycles. The van der Waals surface area contributed by atoms with Crippen LogP contribution in [0, 0.1) is 0 Å². The van der Waals surface area contributed by atoms with Crippen LogP contribution in [0.1, 0.15) is 38.7 Å². The average Bonchev–Trinajstić information content (AvgIpc) is 2.84. The Labute approximate surface area is 135 Å². The van der Waals surface area contributed by atoms with Crippen LogP contribution in [-0.4, -0.2) is 23.6 Å². The number of carbonyl (C=O) groups is 1. The van der Waals surface area contributed by atoms with Gasteiger partial charge >= 0.3 is 0 Å². The van der Waals surface area contributed by atoms with Crippen molar-refractivity contribution in [2.45, 2.75) is 33.1 Å². The van der Waals surface area contributed by atoms with E-state index >= 15 is 0 Å². The molecular formula is C17H21NO3S. The number of ether oxygens (including phenoxy) is 2. The maximum Gasteiger partial charge on any atom is 0.259 e. The van der Waals surface area contributed by atoms with E-state index in [4.69, 9.17) is 9.47 Å². The predicted molar refractivity (Wildman–Crippen MR) is 91.1 cm³/mol. The van der Waals surface area contributed by atoms with Crippen molar-refractivity contribution in [3.63, 3.8) is 0 Å². The molecule has 1 aromatic carbocycles. The Balaban J connectivity index is 2.03. The zero-order valence-electron chi connectivity index (χ0n) is 13.0. The SMILES string of the molecule is CCCCCOc1cccc(/C=C2\N=C(OCC)SC2=O)c1. The van der Waals surface area contributed by atoms with Gasteiger partial charge in [0.1, 0.15) is 11.4 Å². The predicted octanol–water partition coefficient (Wildman–Crippen LogP) is 4.26. The molecule has 0 radical (unpaired) electrons. The van der Waals surface area contributed by atoms with Crippen molar-refractivity contribution in [2.24, 2.45) is 4.99 Å². The molecule has 0 aromatic heterocycles. The van der Waals surface area contributed by atoms with Gasteiger partial charge in [0, 0.05) is 11.8 Å². The molecule has 4 nitrogen and oxygen atoms in total. The Morgan fingerprint density at radius 3 is 2.86 bits per heavy atom. The molecule has 0 bridgehead atoms. The highest BCUT2D eigenvalue weighted by Crippen LogP contribution is 2.26. The van der Waals surface area contributed by atoms with Gasteiger partial charge in [0.25, 0.3) is 5.23 Å². The van der Waals surface area contributed by atoms with Crippen LogP contribution in [0.25, 0.3) is 6.08 Å². The van der Waals surface area contributed by atoms with Gasteiger partial charge in [-0.25, -0.2) is 4.99 Å². The number of nitrogens with zero attached hydrogens (tertiary/aromatic N) is 1. The van der Waals surface area contributed by atoms with Gasteiger partial charge in [0.05, 0.1) is 13.2 Å².